The molecule has 7 nitrogen and oxygen atoms in total. The molecule has 3 aromatic carbocycles. The molecule has 0 atom stereocenters. The van der Waals surface area contributed by atoms with Crippen LogP contribution in [0.2, 0.25) is 0 Å². The molecular formula is C24H19NO6. The lowest BCUT2D eigenvalue weighted by Crippen LogP contribution is -2.20. The van der Waals surface area contributed by atoms with Gasteiger partial charge in [-0.3, -0.25) is 4.79 Å². The van der Waals surface area contributed by atoms with Gasteiger partial charge >= 0.3 is 5.63 Å². The molecule has 0 spiro atoms. The molecule has 0 saturated carbocycles. The molecule has 0 saturated heterocycles. The first kappa shape index (κ1) is 20.0. The van der Waals surface area contributed by atoms with Crippen LogP contribution in [0, 0.1) is 0 Å². The van der Waals surface area contributed by atoms with Gasteiger partial charge in [-0.05, 0) is 66.2 Å². The van der Waals surface area contributed by atoms with E-state index in [4.69, 9.17) is 13.9 Å². The van der Waals surface area contributed by atoms with Crippen molar-refractivity contribution < 1.29 is 23.8 Å². The summed E-state index contributed by atoms with van der Waals surface area (Å²) in [7, 11) is 1.57. The Balaban J connectivity index is 1.45. The number of aromatic hydroxyl groups is 1. The Kier molecular flexibility index (Phi) is 5.57. The van der Waals surface area contributed by atoms with Crippen molar-refractivity contribution >= 4 is 22.6 Å². The van der Waals surface area contributed by atoms with E-state index in [1.54, 1.807) is 67.8 Å². The number of methoxy groups -OCH3 is 1. The predicted molar refractivity (Wildman–Crippen MR) is 117 cm³/mol. The SMILES string of the molecule is COc1ccc2oc(=O)c(-c3ccc(OCC(=O)Nc4ccc(O)cc4)cc3)cc2c1. The van der Waals surface area contributed by atoms with Gasteiger partial charge in [0, 0.05) is 11.1 Å². The fraction of sp³-hybridized carbons (Fsp3) is 0.0833. The second-order valence-corrected chi connectivity index (χ2v) is 6.76. The summed E-state index contributed by atoms with van der Waals surface area (Å²) >= 11 is 0. The van der Waals surface area contributed by atoms with Gasteiger partial charge in [0.2, 0.25) is 0 Å². The lowest BCUT2D eigenvalue weighted by atomic mass is 10.1. The van der Waals surface area contributed by atoms with Crippen LogP contribution in [-0.4, -0.2) is 24.7 Å². The van der Waals surface area contributed by atoms with Crippen molar-refractivity contribution in [2.24, 2.45) is 0 Å². The number of fused-ring (bicyclic) bond motifs is 1. The van der Waals surface area contributed by atoms with Crippen molar-refractivity contribution in [1.29, 1.82) is 0 Å². The van der Waals surface area contributed by atoms with Crippen molar-refractivity contribution in [2.75, 3.05) is 19.0 Å². The number of phenolic OH excluding ortho intramolecular Hbond substituents is 1. The summed E-state index contributed by atoms with van der Waals surface area (Å²) in [5.74, 6) is 0.936. The number of benzene rings is 3. The van der Waals surface area contributed by atoms with Crippen LogP contribution in [0.25, 0.3) is 22.1 Å². The highest BCUT2D eigenvalue weighted by Crippen LogP contribution is 2.26. The summed E-state index contributed by atoms with van der Waals surface area (Å²) in [4.78, 5) is 24.4. The third-order valence-electron chi connectivity index (χ3n) is 4.63. The van der Waals surface area contributed by atoms with E-state index in [-0.39, 0.29) is 18.3 Å². The smallest absolute Gasteiger partial charge is 0.344 e. The molecule has 156 valence electrons. The summed E-state index contributed by atoms with van der Waals surface area (Å²) in [5.41, 5.74) is 1.67. The fourth-order valence-corrected chi connectivity index (χ4v) is 3.05. The van der Waals surface area contributed by atoms with Crippen molar-refractivity contribution in [1.82, 2.24) is 0 Å². The van der Waals surface area contributed by atoms with Gasteiger partial charge in [0.25, 0.3) is 5.91 Å². The van der Waals surface area contributed by atoms with E-state index >= 15 is 0 Å². The molecule has 31 heavy (non-hydrogen) atoms. The van der Waals surface area contributed by atoms with Crippen LogP contribution >= 0.6 is 0 Å². The summed E-state index contributed by atoms with van der Waals surface area (Å²) in [6.45, 7) is -0.182. The Hall–Kier alpha value is -4.26. The molecular weight excluding hydrogens is 398 g/mol. The number of ether oxygens (including phenoxy) is 2. The van der Waals surface area contributed by atoms with Gasteiger partial charge < -0.3 is 24.3 Å². The first-order valence-corrected chi connectivity index (χ1v) is 9.46. The second-order valence-electron chi connectivity index (χ2n) is 6.76. The lowest BCUT2D eigenvalue weighted by Gasteiger charge is -2.09. The fourth-order valence-electron chi connectivity index (χ4n) is 3.05. The topological polar surface area (TPSA) is 98.0 Å². The number of nitrogens with one attached hydrogen (secondary N) is 1. The maximum atomic E-state index is 12.4. The van der Waals surface area contributed by atoms with Gasteiger partial charge in [-0.1, -0.05) is 12.1 Å². The maximum Gasteiger partial charge on any atom is 0.344 e. The summed E-state index contributed by atoms with van der Waals surface area (Å²) in [6.07, 6.45) is 0. The third-order valence-corrected chi connectivity index (χ3v) is 4.63. The molecule has 0 bridgehead atoms. The van der Waals surface area contributed by atoms with E-state index in [2.05, 4.69) is 5.32 Å². The molecule has 0 fully saturated rings. The Bertz CT molecular complexity index is 1280. The number of rotatable bonds is 6. The van der Waals surface area contributed by atoms with Crippen LogP contribution in [0.4, 0.5) is 5.69 Å². The second kappa shape index (κ2) is 8.62. The van der Waals surface area contributed by atoms with E-state index in [1.807, 2.05) is 0 Å². The zero-order valence-corrected chi connectivity index (χ0v) is 16.6. The molecule has 1 heterocycles. The monoisotopic (exact) mass is 417 g/mol. The van der Waals surface area contributed by atoms with Crippen LogP contribution < -0.4 is 20.4 Å². The molecule has 1 amide bonds. The first-order chi connectivity index (χ1) is 15.0. The molecule has 1 aromatic heterocycles. The minimum Gasteiger partial charge on any atom is -0.508 e. The number of anilines is 1. The van der Waals surface area contributed by atoms with Crippen molar-refractivity contribution in [3.8, 4) is 28.4 Å². The van der Waals surface area contributed by atoms with Gasteiger partial charge in [0.15, 0.2) is 6.61 Å². The number of carbonyl (C=O) groups excluding carboxylic acids is 1. The van der Waals surface area contributed by atoms with Gasteiger partial charge in [0.1, 0.15) is 22.8 Å². The number of phenols is 1. The Labute approximate surface area is 177 Å². The molecule has 0 aliphatic heterocycles. The van der Waals surface area contributed by atoms with E-state index in [1.165, 1.54) is 12.1 Å². The Morgan fingerprint density at radius 3 is 2.39 bits per heavy atom. The number of hydrogen-bond donors (Lipinski definition) is 2. The summed E-state index contributed by atoms with van der Waals surface area (Å²) in [5, 5.41) is 12.7. The highest BCUT2D eigenvalue weighted by molar-refractivity contribution is 5.92. The van der Waals surface area contributed by atoms with Gasteiger partial charge in [-0.15, -0.1) is 0 Å². The standard InChI is InChI=1S/C24H19NO6/c1-29-20-10-11-22-16(12-20)13-21(24(28)31-22)15-2-8-19(9-3-15)30-14-23(27)25-17-4-6-18(26)7-5-17/h2-13,26H,14H2,1H3,(H,25,27). The van der Waals surface area contributed by atoms with Crippen LogP contribution in [0.5, 0.6) is 17.2 Å². The predicted octanol–water partition coefficient (Wildman–Crippen LogP) is 4.19. The van der Waals surface area contributed by atoms with Crippen LogP contribution in [0.3, 0.4) is 0 Å². The Morgan fingerprint density at radius 1 is 0.968 bits per heavy atom. The van der Waals surface area contributed by atoms with Crippen molar-refractivity contribution in [3.05, 3.63) is 83.2 Å². The van der Waals surface area contributed by atoms with Crippen molar-refractivity contribution in [3.63, 3.8) is 0 Å². The molecule has 4 aromatic rings. The molecule has 4 rings (SSSR count). The van der Waals surface area contributed by atoms with E-state index in [0.29, 0.717) is 33.9 Å². The number of amides is 1. The van der Waals surface area contributed by atoms with Crippen LogP contribution in [0.15, 0.2) is 82.0 Å². The molecule has 0 radical (unpaired) electrons. The maximum absolute atomic E-state index is 12.4. The van der Waals surface area contributed by atoms with Crippen LogP contribution in [-0.2, 0) is 4.79 Å². The number of carbonyl (C=O) groups is 1. The highest BCUT2D eigenvalue weighted by Gasteiger charge is 2.10. The molecule has 2 N–H and O–H groups in total. The molecule has 0 aliphatic rings. The summed E-state index contributed by atoms with van der Waals surface area (Å²) in [6, 6.07) is 19.9. The number of hydrogen-bond acceptors (Lipinski definition) is 6. The average molecular weight is 417 g/mol. The van der Waals surface area contributed by atoms with Crippen molar-refractivity contribution in [2.45, 2.75) is 0 Å². The average Bonchev–Trinajstić information content (AvgIpc) is 2.79. The van der Waals surface area contributed by atoms with Gasteiger partial charge in [-0.2, -0.15) is 0 Å². The minimum absolute atomic E-state index is 0.119. The quantitative estimate of drug-likeness (QED) is 0.361. The minimum atomic E-state index is -0.445. The van der Waals surface area contributed by atoms with E-state index < -0.39 is 5.63 Å². The van der Waals surface area contributed by atoms with E-state index in [9.17, 15) is 14.7 Å². The summed E-state index contributed by atoms with van der Waals surface area (Å²) < 4.78 is 16.1. The van der Waals surface area contributed by atoms with Gasteiger partial charge in [-0.25, -0.2) is 4.79 Å². The lowest BCUT2D eigenvalue weighted by molar-refractivity contribution is -0.118. The zero-order chi connectivity index (χ0) is 21.8. The molecule has 7 heteroatoms. The largest absolute Gasteiger partial charge is 0.508 e. The molecule has 0 aliphatic carbocycles. The normalized spacial score (nSPS) is 10.6. The molecule has 0 unspecified atom stereocenters. The Morgan fingerprint density at radius 2 is 1.68 bits per heavy atom. The third kappa shape index (κ3) is 4.67. The highest BCUT2D eigenvalue weighted by atomic mass is 16.5. The van der Waals surface area contributed by atoms with E-state index in [0.717, 1.165) is 5.39 Å². The van der Waals surface area contributed by atoms with Crippen LogP contribution in [0.1, 0.15) is 0 Å². The zero-order valence-electron chi connectivity index (χ0n) is 16.6. The van der Waals surface area contributed by atoms with Gasteiger partial charge in [0.05, 0.1) is 12.7 Å². The first-order valence-electron chi connectivity index (χ1n) is 9.46.